The Morgan fingerprint density at radius 1 is 1.10 bits per heavy atom. The second kappa shape index (κ2) is 6.74. The summed E-state index contributed by atoms with van der Waals surface area (Å²) in [4.78, 5) is 11.1. The molecule has 0 radical (unpaired) electrons. The molecule has 0 atom stereocenters. The van der Waals surface area contributed by atoms with Crippen LogP contribution in [0.15, 0.2) is 42.5 Å². The molecule has 0 heterocycles. The van der Waals surface area contributed by atoms with Gasteiger partial charge in [0.15, 0.2) is 11.5 Å². The zero-order valence-corrected chi connectivity index (χ0v) is 11.5. The Hall–Kier alpha value is -2.56. The molecule has 0 unspecified atom stereocenters. The van der Waals surface area contributed by atoms with Crippen molar-refractivity contribution in [2.75, 3.05) is 6.61 Å². The SMILES string of the molecule is CCCOc1ccccc1Oc1cccc(F)c1C(=O)O. The number of para-hydroxylation sites is 2. The van der Waals surface area contributed by atoms with Crippen LogP contribution in [-0.2, 0) is 0 Å². The van der Waals surface area contributed by atoms with Crippen LogP contribution in [0.5, 0.6) is 17.2 Å². The van der Waals surface area contributed by atoms with E-state index in [-0.39, 0.29) is 5.75 Å². The van der Waals surface area contributed by atoms with Crippen molar-refractivity contribution in [3.63, 3.8) is 0 Å². The molecule has 0 saturated carbocycles. The summed E-state index contributed by atoms with van der Waals surface area (Å²) < 4.78 is 24.7. The molecule has 0 spiro atoms. The Labute approximate surface area is 121 Å². The molecule has 2 rings (SSSR count). The van der Waals surface area contributed by atoms with Gasteiger partial charge in [0.1, 0.15) is 17.1 Å². The van der Waals surface area contributed by atoms with Crippen molar-refractivity contribution in [2.24, 2.45) is 0 Å². The number of halogens is 1. The highest BCUT2D eigenvalue weighted by Gasteiger charge is 2.18. The maximum absolute atomic E-state index is 13.6. The second-order valence-electron chi connectivity index (χ2n) is 4.32. The van der Waals surface area contributed by atoms with Gasteiger partial charge in [0, 0.05) is 0 Å². The standard InChI is InChI=1S/C16H15FO4/c1-2-10-20-12-7-3-4-8-13(12)21-14-9-5-6-11(17)15(14)16(18)19/h3-9H,2,10H2,1H3,(H,18,19). The molecule has 0 saturated heterocycles. The van der Waals surface area contributed by atoms with Crippen molar-refractivity contribution in [1.29, 1.82) is 0 Å². The zero-order chi connectivity index (χ0) is 15.2. The van der Waals surface area contributed by atoms with Crippen molar-refractivity contribution in [3.8, 4) is 17.2 Å². The molecule has 0 aliphatic heterocycles. The molecule has 1 N–H and O–H groups in total. The maximum atomic E-state index is 13.6. The van der Waals surface area contributed by atoms with Crippen molar-refractivity contribution >= 4 is 5.97 Å². The van der Waals surface area contributed by atoms with Crippen LogP contribution < -0.4 is 9.47 Å². The van der Waals surface area contributed by atoms with Gasteiger partial charge in [0.25, 0.3) is 0 Å². The number of hydrogen-bond acceptors (Lipinski definition) is 3. The number of carbonyl (C=O) groups is 1. The summed E-state index contributed by atoms with van der Waals surface area (Å²) in [6.07, 6.45) is 0.828. The highest BCUT2D eigenvalue weighted by atomic mass is 19.1. The molecule has 0 aliphatic carbocycles. The highest BCUT2D eigenvalue weighted by Crippen LogP contribution is 2.33. The number of hydrogen-bond donors (Lipinski definition) is 1. The number of carboxylic acid groups (broad SMARTS) is 1. The second-order valence-corrected chi connectivity index (χ2v) is 4.32. The minimum absolute atomic E-state index is 0.0601. The number of benzene rings is 2. The van der Waals surface area contributed by atoms with Gasteiger partial charge in [-0.2, -0.15) is 0 Å². The Kier molecular flexibility index (Phi) is 4.77. The first-order valence-electron chi connectivity index (χ1n) is 6.55. The summed E-state index contributed by atoms with van der Waals surface area (Å²) in [5, 5.41) is 9.08. The van der Waals surface area contributed by atoms with Crippen LogP contribution in [0, 0.1) is 5.82 Å². The number of carboxylic acids is 1. The molecule has 0 aliphatic rings. The van der Waals surface area contributed by atoms with Crippen LogP contribution in [-0.4, -0.2) is 17.7 Å². The average Bonchev–Trinajstić information content (AvgIpc) is 2.46. The Bertz CT molecular complexity index is 640. The first-order chi connectivity index (χ1) is 10.1. The number of aromatic carboxylic acids is 1. The van der Waals surface area contributed by atoms with E-state index in [1.165, 1.54) is 12.1 Å². The topological polar surface area (TPSA) is 55.8 Å². The molecule has 0 amide bonds. The predicted molar refractivity (Wildman–Crippen MR) is 75.7 cm³/mol. The van der Waals surface area contributed by atoms with E-state index in [1.54, 1.807) is 24.3 Å². The van der Waals surface area contributed by atoms with Gasteiger partial charge in [-0.25, -0.2) is 9.18 Å². The van der Waals surface area contributed by atoms with Gasteiger partial charge in [0.2, 0.25) is 0 Å². The summed E-state index contributed by atoms with van der Waals surface area (Å²) in [6, 6.07) is 10.7. The van der Waals surface area contributed by atoms with Crippen molar-refractivity contribution in [1.82, 2.24) is 0 Å². The molecule has 2 aromatic rings. The quantitative estimate of drug-likeness (QED) is 0.870. The Morgan fingerprint density at radius 3 is 2.43 bits per heavy atom. The van der Waals surface area contributed by atoms with Gasteiger partial charge in [-0.05, 0) is 30.7 Å². The van der Waals surface area contributed by atoms with Gasteiger partial charge in [-0.15, -0.1) is 0 Å². The van der Waals surface area contributed by atoms with E-state index in [0.717, 1.165) is 12.5 Å². The van der Waals surface area contributed by atoms with Crippen LogP contribution in [0.4, 0.5) is 4.39 Å². The van der Waals surface area contributed by atoms with Crippen LogP contribution >= 0.6 is 0 Å². The van der Waals surface area contributed by atoms with Gasteiger partial charge >= 0.3 is 5.97 Å². The summed E-state index contributed by atoms with van der Waals surface area (Å²) in [5.74, 6) is -1.45. The molecular formula is C16H15FO4. The third kappa shape index (κ3) is 3.51. The van der Waals surface area contributed by atoms with E-state index >= 15 is 0 Å². The van der Waals surface area contributed by atoms with E-state index in [0.29, 0.717) is 18.1 Å². The van der Waals surface area contributed by atoms with Crippen LogP contribution in [0.3, 0.4) is 0 Å². The molecule has 0 bridgehead atoms. The van der Waals surface area contributed by atoms with Crippen molar-refractivity contribution in [3.05, 3.63) is 53.8 Å². The summed E-state index contributed by atoms with van der Waals surface area (Å²) in [7, 11) is 0. The van der Waals surface area contributed by atoms with Gasteiger partial charge < -0.3 is 14.6 Å². The predicted octanol–water partition coefficient (Wildman–Crippen LogP) is 4.11. The Balaban J connectivity index is 2.35. The lowest BCUT2D eigenvalue weighted by molar-refractivity contribution is 0.0689. The van der Waals surface area contributed by atoms with Gasteiger partial charge in [-0.1, -0.05) is 25.1 Å². The lowest BCUT2D eigenvalue weighted by Crippen LogP contribution is -2.04. The lowest BCUT2D eigenvalue weighted by atomic mass is 10.2. The molecule has 0 fully saturated rings. The van der Waals surface area contributed by atoms with E-state index in [1.807, 2.05) is 6.92 Å². The minimum atomic E-state index is -1.38. The third-order valence-corrected chi connectivity index (χ3v) is 2.72. The normalized spacial score (nSPS) is 10.2. The molecule has 0 aromatic heterocycles. The highest BCUT2D eigenvalue weighted by molar-refractivity contribution is 5.91. The largest absolute Gasteiger partial charge is 0.490 e. The smallest absolute Gasteiger partial charge is 0.342 e. The number of rotatable bonds is 6. The fourth-order valence-electron chi connectivity index (χ4n) is 1.78. The van der Waals surface area contributed by atoms with Crippen LogP contribution in [0.1, 0.15) is 23.7 Å². The van der Waals surface area contributed by atoms with Crippen LogP contribution in [0.2, 0.25) is 0 Å². The van der Waals surface area contributed by atoms with Gasteiger partial charge in [-0.3, -0.25) is 0 Å². The summed E-state index contributed by atoms with van der Waals surface area (Å²) in [6.45, 7) is 2.48. The first-order valence-corrected chi connectivity index (χ1v) is 6.55. The molecular weight excluding hydrogens is 275 g/mol. The zero-order valence-electron chi connectivity index (χ0n) is 11.5. The Morgan fingerprint density at radius 2 is 1.76 bits per heavy atom. The fourth-order valence-corrected chi connectivity index (χ4v) is 1.78. The summed E-state index contributed by atoms with van der Waals surface area (Å²) >= 11 is 0. The van der Waals surface area contributed by atoms with Gasteiger partial charge in [0.05, 0.1) is 6.61 Å². The molecule has 21 heavy (non-hydrogen) atoms. The molecule has 4 nitrogen and oxygen atoms in total. The fraction of sp³-hybridized carbons (Fsp3) is 0.188. The van der Waals surface area contributed by atoms with E-state index < -0.39 is 17.3 Å². The lowest BCUT2D eigenvalue weighted by Gasteiger charge is -2.13. The van der Waals surface area contributed by atoms with E-state index in [9.17, 15) is 9.18 Å². The summed E-state index contributed by atoms with van der Waals surface area (Å²) in [5.41, 5.74) is -0.497. The van der Waals surface area contributed by atoms with E-state index in [4.69, 9.17) is 14.6 Å². The molecule has 5 heteroatoms. The van der Waals surface area contributed by atoms with Crippen molar-refractivity contribution < 1.29 is 23.8 Å². The van der Waals surface area contributed by atoms with Crippen molar-refractivity contribution in [2.45, 2.75) is 13.3 Å². The average molecular weight is 290 g/mol. The third-order valence-electron chi connectivity index (χ3n) is 2.72. The molecule has 2 aromatic carbocycles. The van der Waals surface area contributed by atoms with Crippen LogP contribution in [0.25, 0.3) is 0 Å². The van der Waals surface area contributed by atoms with E-state index in [2.05, 4.69) is 0 Å². The maximum Gasteiger partial charge on any atom is 0.342 e. The number of ether oxygens (including phenoxy) is 2. The minimum Gasteiger partial charge on any atom is -0.490 e. The first kappa shape index (κ1) is 14.8. The molecule has 110 valence electrons. The monoisotopic (exact) mass is 290 g/mol.